The number of benzene rings is 2. The standard InChI is InChI=1S/C18H17N3O3S/c1-12-10-20(21(17(12)22)13-6-3-2-4-7-13)18(25)19-14-8-5-9-15-16(14)24-11-23-15/h2-9,12H,10-11H2,1H3,(H,19,25). The predicted octanol–water partition coefficient (Wildman–Crippen LogP) is 3.01. The van der Waals surface area contributed by atoms with E-state index in [4.69, 9.17) is 21.7 Å². The van der Waals surface area contributed by atoms with E-state index in [2.05, 4.69) is 5.32 Å². The first kappa shape index (κ1) is 15.7. The van der Waals surface area contributed by atoms with Crippen molar-refractivity contribution in [2.24, 2.45) is 5.92 Å². The van der Waals surface area contributed by atoms with Crippen LogP contribution in [0.5, 0.6) is 11.5 Å². The number of rotatable bonds is 2. The van der Waals surface area contributed by atoms with Crippen LogP contribution in [0.15, 0.2) is 48.5 Å². The Morgan fingerprint density at radius 1 is 1.16 bits per heavy atom. The largest absolute Gasteiger partial charge is 0.454 e. The summed E-state index contributed by atoms with van der Waals surface area (Å²) in [4.78, 5) is 12.6. The van der Waals surface area contributed by atoms with Crippen molar-refractivity contribution in [1.82, 2.24) is 5.01 Å². The van der Waals surface area contributed by atoms with E-state index in [9.17, 15) is 4.79 Å². The highest BCUT2D eigenvalue weighted by Gasteiger charge is 2.38. The summed E-state index contributed by atoms with van der Waals surface area (Å²) in [5.41, 5.74) is 1.51. The molecule has 1 fully saturated rings. The summed E-state index contributed by atoms with van der Waals surface area (Å²) in [7, 11) is 0. The second-order valence-corrected chi connectivity index (χ2v) is 6.32. The number of hydrazine groups is 1. The molecular weight excluding hydrogens is 338 g/mol. The number of nitrogens with one attached hydrogen (secondary N) is 1. The molecule has 1 saturated heterocycles. The van der Waals surface area contributed by atoms with Crippen molar-refractivity contribution in [3.8, 4) is 11.5 Å². The van der Waals surface area contributed by atoms with Crippen molar-refractivity contribution >= 4 is 34.6 Å². The Hall–Kier alpha value is -2.80. The Morgan fingerprint density at radius 2 is 1.96 bits per heavy atom. The lowest BCUT2D eigenvalue weighted by Gasteiger charge is -2.30. The van der Waals surface area contributed by atoms with Gasteiger partial charge in [0.2, 0.25) is 6.79 Å². The van der Waals surface area contributed by atoms with Gasteiger partial charge in [0.1, 0.15) is 0 Å². The smallest absolute Gasteiger partial charge is 0.250 e. The minimum absolute atomic E-state index is 0.0215. The molecule has 0 saturated carbocycles. The third kappa shape index (κ3) is 2.76. The minimum Gasteiger partial charge on any atom is -0.454 e. The molecule has 2 heterocycles. The molecule has 128 valence electrons. The summed E-state index contributed by atoms with van der Waals surface area (Å²) in [5, 5.41) is 7.03. The van der Waals surface area contributed by atoms with Crippen molar-refractivity contribution < 1.29 is 14.3 Å². The number of fused-ring (bicyclic) bond motifs is 1. The number of carbonyl (C=O) groups is 1. The van der Waals surface area contributed by atoms with Gasteiger partial charge in [-0.3, -0.25) is 9.80 Å². The first-order valence-corrected chi connectivity index (χ1v) is 8.42. The van der Waals surface area contributed by atoms with E-state index in [0.717, 1.165) is 11.4 Å². The van der Waals surface area contributed by atoms with Crippen LogP contribution in [0.25, 0.3) is 0 Å². The maximum absolute atomic E-state index is 12.6. The summed E-state index contributed by atoms with van der Waals surface area (Å²) in [6.07, 6.45) is 0. The number of para-hydroxylation sites is 2. The first-order valence-electron chi connectivity index (χ1n) is 8.01. The van der Waals surface area contributed by atoms with Crippen LogP contribution in [0.3, 0.4) is 0 Å². The molecule has 2 aromatic rings. The first-order chi connectivity index (χ1) is 12.1. The zero-order chi connectivity index (χ0) is 17.4. The summed E-state index contributed by atoms with van der Waals surface area (Å²) in [5.74, 6) is 1.20. The molecule has 1 atom stereocenters. The molecule has 4 rings (SSSR count). The second kappa shape index (κ2) is 6.25. The normalized spacial score (nSPS) is 18.6. The summed E-state index contributed by atoms with van der Waals surface area (Å²) in [6.45, 7) is 2.61. The summed E-state index contributed by atoms with van der Waals surface area (Å²) in [6, 6.07) is 15.1. The molecule has 1 N–H and O–H groups in total. The highest BCUT2D eigenvalue weighted by Crippen LogP contribution is 2.39. The fraction of sp³-hybridized carbons (Fsp3) is 0.222. The van der Waals surface area contributed by atoms with E-state index in [1.165, 1.54) is 0 Å². The van der Waals surface area contributed by atoms with Crippen LogP contribution in [0, 0.1) is 5.92 Å². The van der Waals surface area contributed by atoms with Gasteiger partial charge in [-0.05, 0) is 36.5 Å². The van der Waals surface area contributed by atoms with E-state index in [-0.39, 0.29) is 18.6 Å². The molecule has 2 aliphatic heterocycles. The summed E-state index contributed by atoms with van der Waals surface area (Å²) < 4.78 is 10.9. The zero-order valence-corrected chi connectivity index (χ0v) is 14.5. The molecule has 0 aliphatic carbocycles. The van der Waals surface area contributed by atoms with Gasteiger partial charge in [-0.25, -0.2) is 5.01 Å². The van der Waals surface area contributed by atoms with Crippen molar-refractivity contribution in [1.29, 1.82) is 0 Å². The molecule has 7 heteroatoms. The number of nitrogens with zero attached hydrogens (tertiary/aromatic N) is 2. The van der Waals surface area contributed by atoms with Crippen LogP contribution < -0.4 is 19.8 Å². The second-order valence-electron chi connectivity index (χ2n) is 5.94. The molecule has 6 nitrogen and oxygen atoms in total. The Morgan fingerprint density at radius 3 is 2.76 bits per heavy atom. The van der Waals surface area contributed by atoms with Crippen molar-refractivity contribution in [3.05, 3.63) is 48.5 Å². The van der Waals surface area contributed by atoms with E-state index in [1.54, 1.807) is 10.0 Å². The van der Waals surface area contributed by atoms with Gasteiger partial charge in [-0.15, -0.1) is 0 Å². The van der Waals surface area contributed by atoms with Crippen molar-refractivity contribution in [2.45, 2.75) is 6.92 Å². The topological polar surface area (TPSA) is 54.0 Å². The number of hydrogen-bond acceptors (Lipinski definition) is 4. The number of anilines is 2. The maximum atomic E-state index is 12.6. The van der Waals surface area contributed by atoms with Gasteiger partial charge in [-0.2, -0.15) is 0 Å². The Balaban J connectivity index is 1.61. The lowest BCUT2D eigenvalue weighted by Crippen LogP contribution is -2.45. The zero-order valence-electron chi connectivity index (χ0n) is 13.6. The molecule has 25 heavy (non-hydrogen) atoms. The van der Waals surface area contributed by atoms with Gasteiger partial charge in [-0.1, -0.05) is 31.2 Å². The third-order valence-electron chi connectivity index (χ3n) is 4.19. The molecule has 1 amide bonds. The molecule has 0 spiro atoms. The lowest BCUT2D eigenvalue weighted by atomic mass is 10.2. The van der Waals surface area contributed by atoms with Gasteiger partial charge in [0, 0.05) is 0 Å². The molecule has 0 bridgehead atoms. The van der Waals surface area contributed by atoms with Crippen LogP contribution in [0.4, 0.5) is 11.4 Å². The van der Waals surface area contributed by atoms with Crippen molar-refractivity contribution in [3.63, 3.8) is 0 Å². The number of carbonyl (C=O) groups excluding carboxylic acids is 1. The fourth-order valence-corrected chi connectivity index (χ4v) is 3.23. The Kier molecular flexibility index (Phi) is 3.93. The van der Waals surface area contributed by atoms with E-state index in [0.29, 0.717) is 23.2 Å². The quantitative estimate of drug-likeness (QED) is 0.836. The fourth-order valence-electron chi connectivity index (χ4n) is 2.96. The van der Waals surface area contributed by atoms with E-state index >= 15 is 0 Å². The predicted molar refractivity (Wildman–Crippen MR) is 98.6 cm³/mol. The van der Waals surface area contributed by atoms with Gasteiger partial charge in [0.15, 0.2) is 16.6 Å². The monoisotopic (exact) mass is 355 g/mol. The average Bonchev–Trinajstić information content (AvgIpc) is 3.22. The van der Waals surface area contributed by atoms with Crippen molar-refractivity contribution in [2.75, 3.05) is 23.7 Å². The van der Waals surface area contributed by atoms with Crippen LogP contribution in [-0.4, -0.2) is 29.4 Å². The number of amides is 1. The number of hydrogen-bond donors (Lipinski definition) is 1. The molecule has 2 aromatic carbocycles. The Bertz CT molecular complexity index is 828. The lowest BCUT2D eigenvalue weighted by molar-refractivity contribution is -0.120. The molecule has 1 unspecified atom stereocenters. The van der Waals surface area contributed by atoms with E-state index < -0.39 is 0 Å². The minimum atomic E-state index is -0.138. The van der Waals surface area contributed by atoms with Gasteiger partial charge >= 0.3 is 0 Å². The van der Waals surface area contributed by atoms with Gasteiger partial charge < -0.3 is 14.8 Å². The van der Waals surface area contributed by atoms with Crippen LogP contribution in [0.1, 0.15) is 6.92 Å². The molecule has 2 aliphatic rings. The molecular formula is C18H17N3O3S. The highest BCUT2D eigenvalue weighted by molar-refractivity contribution is 7.80. The third-order valence-corrected chi connectivity index (χ3v) is 4.50. The van der Waals surface area contributed by atoms with Crippen LogP contribution >= 0.6 is 12.2 Å². The SMILES string of the molecule is CC1CN(C(=S)Nc2cccc3c2OCO3)N(c2ccccc2)C1=O. The molecule has 0 radical (unpaired) electrons. The molecule has 0 aromatic heterocycles. The van der Waals surface area contributed by atoms with Crippen LogP contribution in [-0.2, 0) is 4.79 Å². The van der Waals surface area contributed by atoms with Crippen LogP contribution in [0.2, 0.25) is 0 Å². The van der Waals surface area contributed by atoms with E-state index in [1.807, 2.05) is 55.5 Å². The summed E-state index contributed by atoms with van der Waals surface area (Å²) >= 11 is 5.57. The highest BCUT2D eigenvalue weighted by atomic mass is 32.1. The Labute approximate surface area is 150 Å². The number of thiocarbonyl (C=S) groups is 1. The average molecular weight is 355 g/mol. The van der Waals surface area contributed by atoms with Gasteiger partial charge in [0.05, 0.1) is 23.8 Å². The maximum Gasteiger partial charge on any atom is 0.250 e. The van der Waals surface area contributed by atoms with Gasteiger partial charge in [0.25, 0.3) is 5.91 Å². The number of ether oxygens (including phenoxy) is 2.